The molecule has 0 radical (unpaired) electrons. The Morgan fingerprint density at radius 3 is 2.40 bits per heavy atom. The Labute approximate surface area is 148 Å². The Morgan fingerprint density at radius 2 is 1.72 bits per heavy atom. The number of rotatable bonds is 5. The molecule has 2 aromatic rings. The first-order valence-corrected chi connectivity index (χ1v) is 8.61. The van der Waals surface area contributed by atoms with Crippen molar-refractivity contribution < 1.29 is 9.53 Å². The molecule has 3 rings (SSSR count). The quantitative estimate of drug-likeness (QED) is 0.659. The van der Waals surface area contributed by atoms with Crippen molar-refractivity contribution in [3.8, 4) is 0 Å². The van der Waals surface area contributed by atoms with Crippen LogP contribution in [0.4, 0.5) is 10.5 Å². The molecule has 1 amide bonds. The van der Waals surface area contributed by atoms with Gasteiger partial charge in [-0.1, -0.05) is 48.5 Å². The van der Waals surface area contributed by atoms with Crippen LogP contribution in [0, 0.1) is 5.92 Å². The number of ether oxygens (including phenoxy) is 1. The fourth-order valence-corrected chi connectivity index (χ4v) is 2.77. The number of hydrazone groups is 1. The van der Waals surface area contributed by atoms with Crippen LogP contribution < -0.4 is 5.43 Å². The van der Waals surface area contributed by atoms with E-state index in [9.17, 15) is 4.79 Å². The minimum absolute atomic E-state index is 0.235. The van der Waals surface area contributed by atoms with Gasteiger partial charge in [0, 0.05) is 19.3 Å². The van der Waals surface area contributed by atoms with Crippen LogP contribution in [0.25, 0.3) is 0 Å². The van der Waals surface area contributed by atoms with E-state index in [4.69, 9.17) is 4.74 Å². The number of nitrogens with zero attached hydrogens (tertiary/aromatic N) is 2. The number of nitrogens with one attached hydrogen (secondary N) is 1. The monoisotopic (exact) mass is 337 g/mol. The third kappa shape index (κ3) is 5.35. The van der Waals surface area contributed by atoms with Crippen LogP contribution >= 0.6 is 0 Å². The highest BCUT2D eigenvalue weighted by Gasteiger charge is 2.22. The summed E-state index contributed by atoms with van der Waals surface area (Å²) in [6, 6.07) is 19.6. The largest absolute Gasteiger partial charge is 0.445 e. The van der Waals surface area contributed by atoms with Gasteiger partial charge in [-0.15, -0.1) is 0 Å². The molecule has 130 valence electrons. The number of carbonyl (C=O) groups is 1. The Bertz CT molecular complexity index is 681. The summed E-state index contributed by atoms with van der Waals surface area (Å²) in [6.07, 6.45) is 3.52. The number of amides is 1. The molecule has 1 N–H and O–H groups in total. The lowest BCUT2D eigenvalue weighted by atomic mass is 9.99. The SMILES string of the molecule is O=C(OCc1ccccc1)N1CCC(C=NNc2ccccc2)CC1. The van der Waals surface area contributed by atoms with Crippen molar-refractivity contribution in [1.82, 2.24) is 4.90 Å². The van der Waals surface area contributed by atoms with Gasteiger partial charge in [-0.3, -0.25) is 5.43 Å². The molecule has 0 spiro atoms. The first-order chi connectivity index (χ1) is 12.3. The van der Waals surface area contributed by atoms with Crippen molar-refractivity contribution in [1.29, 1.82) is 0 Å². The van der Waals surface area contributed by atoms with Crippen LogP contribution in [0.2, 0.25) is 0 Å². The second-order valence-electron chi connectivity index (χ2n) is 6.12. The van der Waals surface area contributed by atoms with Gasteiger partial charge in [0.25, 0.3) is 0 Å². The van der Waals surface area contributed by atoms with Crippen LogP contribution in [-0.2, 0) is 11.3 Å². The molecule has 1 aliphatic rings. The van der Waals surface area contributed by atoms with E-state index in [1.165, 1.54) is 0 Å². The molecule has 1 saturated heterocycles. The zero-order valence-electron chi connectivity index (χ0n) is 14.2. The maximum Gasteiger partial charge on any atom is 0.410 e. The Balaban J connectivity index is 1.38. The van der Waals surface area contributed by atoms with Crippen LogP contribution in [0.5, 0.6) is 0 Å². The average Bonchev–Trinajstić information content (AvgIpc) is 2.68. The molecular weight excluding hydrogens is 314 g/mol. The maximum absolute atomic E-state index is 12.1. The minimum Gasteiger partial charge on any atom is -0.445 e. The van der Waals surface area contributed by atoms with E-state index in [2.05, 4.69) is 10.5 Å². The zero-order valence-corrected chi connectivity index (χ0v) is 14.2. The van der Waals surface area contributed by atoms with Gasteiger partial charge in [0.1, 0.15) is 6.61 Å². The molecule has 0 saturated carbocycles. The fraction of sp³-hybridized carbons (Fsp3) is 0.300. The summed E-state index contributed by atoms with van der Waals surface area (Å²) in [5, 5.41) is 4.30. The lowest BCUT2D eigenvalue weighted by Gasteiger charge is -2.29. The topological polar surface area (TPSA) is 53.9 Å². The second kappa shape index (κ2) is 8.87. The lowest BCUT2D eigenvalue weighted by molar-refractivity contribution is 0.0867. The summed E-state index contributed by atoms with van der Waals surface area (Å²) in [5.74, 6) is 0.384. The molecule has 5 heteroatoms. The van der Waals surface area contributed by atoms with E-state index in [0.717, 1.165) is 24.1 Å². The molecule has 5 nitrogen and oxygen atoms in total. The van der Waals surface area contributed by atoms with Crippen LogP contribution in [0.15, 0.2) is 65.8 Å². The summed E-state index contributed by atoms with van der Waals surface area (Å²) in [6.45, 7) is 1.73. The molecule has 0 unspecified atom stereocenters. The van der Waals surface area contributed by atoms with Crippen molar-refractivity contribution in [2.45, 2.75) is 19.4 Å². The van der Waals surface area contributed by atoms with Crippen molar-refractivity contribution in [2.24, 2.45) is 11.0 Å². The Morgan fingerprint density at radius 1 is 1.08 bits per heavy atom. The molecule has 2 aromatic carbocycles. The van der Waals surface area contributed by atoms with Gasteiger partial charge in [0.05, 0.1) is 5.69 Å². The van der Waals surface area contributed by atoms with E-state index < -0.39 is 0 Å². The summed E-state index contributed by atoms with van der Waals surface area (Å²) in [7, 11) is 0. The second-order valence-corrected chi connectivity index (χ2v) is 6.12. The van der Waals surface area contributed by atoms with E-state index in [1.807, 2.05) is 66.9 Å². The summed E-state index contributed by atoms with van der Waals surface area (Å²) < 4.78 is 5.38. The van der Waals surface area contributed by atoms with E-state index >= 15 is 0 Å². The highest BCUT2D eigenvalue weighted by Crippen LogP contribution is 2.17. The van der Waals surface area contributed by atoms with Gasteiger partial charge in [-0.2, -0.15) is 5.10 Å². The van der Waals surface area contributed by atoms with Crippen molar-refractivity contribution in [3.05, 3.63) is 66.2 Å². The predicted octanol–water partition coefficient (Wildman–Crippen LogP) is 4.13. The van der Waals surface area contributed by atoms with E-state index in [0.29, 0.717) is 25.6 Å². The van der Waals surface area contributed by atoms with Crippen LogP contribution in [0.3, 0.4) is 0 Å². The molecular formula is C20H23N3O2. The summed E-state index contributed by atoms with van der Waals surface area (Å²) in [5.41, 5.74) is 5.01. The van der Waals surface area contributed by atoms with Gasteiger partial charge in [-0.05, 0) is 36.5 Å². The first-order valence-electron chi connectivity index (χ1n) is 8.61. The van der Waals surface area contributed by atoms with Gasteiger partial charge >= 0.3 is 6.09 Å². The molecule has 0 aromatic heterocycles. The number of hydrogen-bond acceptors (Lipinski definition) is 4. The highest BCUT2D eigenvalue weighted by atomic mass is 16.6. The molecule has 25 heavy (non-hydrogen) atoms. The predicted molar refractivity (Wildman–Crippen MR) is 99.5 cm³/mol. The number of para-hydroxylation sites is 1. The third-order valence-corrected chi connectivity index (χ3v) is 4.26. The van der Waals surface area contributed by atoms with Gasteiger partial charge < -0.3 is 9.64 Å². The first kappa shape index (κ1) is 17.0. The molecule has 0 aliphatic carbocycles. The lowest BCUT2D eigenvalue weighted by Crippen LogP contribution is -2.39. The van der Waals surface area contributed by atoms with Crippen molar-refractivity contribution >= 4 is 18.0 Å². The summed E-state index contributed by atoms with van der Waals surface area (Å²) in [4.78, 5) is 13.9. The van der Waals surface area contributed by atoms with Crippen LogP contribution in [0.1, 0.15) is 18.4 Å². The normalized spacial score (nSPS) is 15.3. The van der Waals surface area contributed by atoms with Crippen LogP contribution in [-0.4, -0.2) is 30.3 Å². The number of piperidine rings is 1. The standard InChI is InChI=1S/C20H23N3O2/c24-20(25-16-18-7-3-1-4-8-18)23-13-11-17(12-14-23)15-21-22-19-9-5-2-6-10-19/h1-10,15,17,22H,11-14,16H2. The highest BCUT2D eigenvalue weighted by molar-refractivity contribution is 5.68. The average molecular weight is 337 g/mol. The Kier molecular flexibility index (Phi) is 6.04. The molecule has 1 fully saturated rings. The minimum atomic E-state index is -0.235. The van der Waals surface area contributed by atoms with Crippen molar-refractivity contribution in [2.75, 3.05) is 18.5 Å². The number of carbonyl (C=O) groups excluding carboxylic acids is 1. The number of anilines is 1. The smallest absolute Gasteiger partial charge is 0.410 e. The van der Waals surface area contributed by atoms with Gasteiger partial charge in [-0.25, -0.2) is 4.79 Å². The third-order valence-electron chi connectivity index (χ3n) is 4.26. The van der Waals surface area contributed by atoms with Crippen molar-refractivity contribution in [3.63, 3.8) is 0 Å². The fourth-order valence-electron chi connectivity index (χ4n) is 2.77. The van der Waals surface area contributed by atoms with Gasteiger partial charge in [0.2, 0.25) is 0 Å². The number of benzene rings is 2. The number of hydrogen-bond donors (Lipinski definition) is 1. The van der Waals surface area contributed by atoms with E-state index in [1.54, 1.807) is 4.90 Å². The Hall–Kier alpha value is -2.82. The molecule has 1 heterocycles. The van der Waals surface area contributed by atoms with E-state index in [-0.39, 0.29) is 6.09 Å². The molecule has 0 atom stereocenters. The molecule has 0 bridgehead atoms. The summed E-state index contributed by atoms with van der Waals surface area (Å²) >= 11 is 0. The maximum atomic E-state index is 12.1. The molecule has 1 aliphatic heterocycles. The van der Waals surface area contributed by atoms with Gasteiger partial charge in [0.15, 0.2) is 0 Å². The number of likely N-dealkylation sites (tertiary alicyclic amines) is 1. The zero-order chi connectivity index (χ0) is 17.3.